The van der Waals surface area contributed by atoms with E-state index in [1.54, 1.807) is 12.1 Å². The molecule has 0 spiro atoms. The maximum Gasteiger partial charge on any atom is 0.0669 e. The van der Waals surface area contributed by atoms with E-state index in [0.717, 1.165) is 17.1 Å². The van der Waals surface area contributed by atoms with Crippen molar-refractivity contribution in [3.8, 4) is 6.07 Å². The highest BCUT2D eigenvalue weighted by Gasteiger charge is 1.90. The Bertz CT molecular complexity index is 656. The van der Waals surface area contributed by atoms with Gasteiger partial charge in [-0.15, -0.1) is 0 Å². The van der Waals surface area contributed by atoms with Crippen LogP contribution in [0.1, 0.15) is 11.1 Å². The maximum absolute atomic E-state index is 8.32. The molecule has 0 saturated carbocycles. The Labute approximate surface area is 148 Å². The molecule has 0 radical (unpaired) electrons. The molecule has 0 N–H and O–H groups in total. The van der Waals surface area contributed by atoms with Crippen LogP contribution in [0.4, 0.5) is 0 Å². The minimum Gasteiger partial charge on any atom is -0.306 e. The highest BCUT2D eigenvalue weighted by molar-refractivity contribution is 6.30. The summed E-state index contributed by atoms with van der Waals surface area (Å²) < 4.78 is 0. The summed E-state index contributed by atoms with van der Waals surface area (Å²) >= 11 is 11.4. The van der Waals surface area contributed by atoms with Gasteiger partial charge in [0.05, 0.1) is 12.5 Å². The summed E-state index contributed by atoms with van der Waals surface area (Å²) in [6.07, 6.45) is 4.65. The van der Waals surface area contributed by atoms with Crippen molar-refractivity contribution in [3.63, 3.8) is 0 Å². The summed E-state index contributed by atoms with van der Waals surface area (Å²) in [5.74, 6) is 0. The zero-order chi connectivity index (χ0) is 17.1. The lowest BCUT2D eigenvalue weighted by Gasteiger charge is -2.03. The Morgan fingerprint density at radius 1 is 1.04 bits per heavy atom. The van der Waals surface area contributed by atoms with Gasteiger partial charge < -0.3 is 4.90 Å². The number of rotatable bonds is 4. The molecule has 2 aromatic carbocycles. The van der Waals surface area contributed by atoms with E-state index in [9.17, 15) is 0 Å². The fraction of sp³-hybridized carbons (Fsp3) is 0.211. The number of likely N-dealkylation sites (N-methyl/N-ethyl adjacent to an activating group) is 1. The second-order valence-corrected chi connectivity index (χ2v) is 6.05. The van der Waals surface area contributed by atoms with Crippen molar-refractivity contribution in [3.05, 3.63) is 75.8 Å². The largest absolute Gasteiger partial charge is 0.306 e. The van der Waals surface area contributed by atoms with E-state index < -0.39 is 0 Å². The number of hydrogen-bond donors (Lipinski definition) is 0. The van der Waals surface area contributed by atoms with Crippen LogP contribution in [0.2, 0.25) is 10.0 Å². The maximum atomic E-state index is 8.32. The van der Waals surface area contributed by atoms with Gasteiger partial charge in [-0.25, -0.2) is 0 Å². The molecule has 0 amide bonds. The van der Waals surface area contributed by atoms with Crippen LogP contribution in [0.15, 0.2) is 54.6 Å². The van der Waals surface area contributed by atoms with Gasteiger partial charge in [-0.1, -0.05) is 59.6 Å². The zero-order valence-electron chi connectivity index (χ0n) is 13.3. The summed E-state index contributed by atoms with van der Waals surface area (Å²) in [5.41, 5.74) is 2.15. The van der Waals surface area contributed by atoms with Crippen LogP contribution in [0.3, 0.4) is 0 Å². The topological polar surface area (TPSA) is 27.0 Å². The lowest BCUT2D eigenvalue weighted by atomic mass is 10.2. The van der Waals surface area contributed by atoms with Gasteiger partial charge in [0.1, 0.15) is 0 Å². The van der Waals surface area contributed by atoms with Gasteiger partial charge >= 0.3 is 0 Å². The summed E-state index contributed by atoms with van der Waals surface area (Å²) in [4.78, 5) is 2.12. The number of halogens is 2. The van der Waals surface area contributed by atoms with Crippen LogP contribution in [0.5, 0.6) is 0 Å². The Balaban J connectivity index is 0.000000238. The third kappa shape index (κ3) is 9.05. The van der Waals surface area contributed by atoms with E-state index in [1.165, 1.54) is 5.56 Å². The molecule has 2 nitrogen and oxygen atoms in total. The van der Waals surface area contributed by atoms with E-state index in [0.29, 0.717) is 11.4 Å². The van der Waals surface area contributed by atoms with Gasteiger partial charge in [-0.2, -0.15) is 5.26 Å². The van der Waals surface area contributed by atoms with Crippen LogP contribution in [-0.2, 0) is 6.42 Å². The predicted molar refractivity (Wildman–Crippen MR) is 99.8 cm³/mol. The summed E-state index contributed by atoms with van der Waals surface area (Å²) in [6, 6.07) is 17.2. The van der Waals surface area contributed by atoms with Crippen molar-refractivity contribution in [2.75, 3.05) is 20.6 Å². The average Bonchev–Trinajstić information content (AvgIpc) is 2.50. The molecule has 0 unspecified atom stereocenters. The third-order valence-corrected chi connectivity index (χ3v) is 3.31. The van der Waals surface area contributed by atoms with Gasteiger partial charge in [-0.05, 0) is 49.5 Å². The zero-order valence-corrected chi connectivity index (χ0v) is 14.8. The van der Waals surface area contributed by atoms with Gasteiger partial charge in [0.2, 0.25) is 0 Å². The molecule has 0 fully saturated rings. The van der Waals surface area contributed by atoms with Crippen LogP contribution in [0, 0.1) is 11.3 Å². The molecular formula is C19H20Cl2N2. The lowest BCUT2D eigenvalue weighted by Crippen LogP contribution is -2.10. The predicted octanol–water partition coefficient (Wildman–Crippen LogP) is 5.32. The molecular weight excluding hydrogens is 327 g/mol. The minimum atomic E-state index is 0.431. The second-order valence-electron chi connectivity index (χ2n) is 5.18. The normalized spacial score (nSPS) is 10.3. The van der Waals surface area contributed by atoms with Gasteiger partial charge in [0.15, 0.2) is 0 Å². The highest BCUT2D eigenvalue weighted by atomic mass is 35.5. The Morgan fingerprint density at radius 2 is 1.74 bits per heavy atom. The number of benzene rings is 2. The third-order valence-electron chi connectivity index (χ3n) is 2.82. The minimum absolute atomic E-state index is 0.431. The standard InChI is InChI=1S/C11H14ClN.C8H6ClN/c1-13(2)9-3-4-10-5-7-11(12)8-6-10;9-8-3-1-2-7(6-8)4-5-10/h3-8H,9H2,1-2H3;1-3,6H,4H2. The summed E-state index contributed by atoms with van der Waals surface area (Å²) in [6.45, 7) is 0.961. The van der Waals surface area contributed by atoms with Gasteiger partial charge in [0.25, 0.3) is 0 Å². The first kappa shape index (κ1) is 19.3. The molecule has 0 aliphatic heterocycles. The Hall–Kier alpha value is -1.79. The van der Waals surface area contributed by atoms with E-state index in [4.69, 9.17) is 28.5 Å². The lowest BCUT2D eigenvalue weighted by molar-refractivity contribution is 0.457. The SMILES string of the molecule is CN(C)CC=Cc1ccc(Cl)cc1.N#CCc1cccc(Cl)c1. The highest BCUT2D eigenvalue weighted by Crippen LogP contribution is 2.11. The van der Waals surface area contributed by atoms with Crippen molar-refractivity contribution in [2.45, 2.75) is 6.42 Å². The van der Waals surface area contributed by atoms with E-state index in [-0.39, 0.29) is 0 Å². The molecule has 0 bridgehead atoms. The smallest absolute Gasteiger partial charge is 0.0669 e. The van der Waals surface area contributed by atoms with Crippen LogP contribution < -0.4 is 0 Å². The summed E-state index contributed by atoms with van der Waals surface area (Å²) in [5, 5.41) is 9.79. The van der Waals surface area contributed by atoms with Crippen molar-refractivity contribution in [1.82, 2.24) is 4.90 Å². The van der Waals surface area contributed by atoms with Crippen LogP contribution in [0.25, 0.3) is 6.08 Å². The molecule has 2 rings (SSSR count). The molecule has 0 atom stereocenters. The average molecular weight is 347 g/mol. The molecule has 0 aliphatic rings. The Morgan fingerprint density at radius 3 is 2.30 bits per heavy atom. The molecule has 0 aliphatic carbocycles. The van der Waals surface area contributed by atoms with E-state index in [2.05, 4.69) is 23.1 Å². The van der Waals surface area contributed by atoms with Gasteiger partial charge in [-0.3, -0.25) is 0 Å². The van der Waals surface area contributed by atoms with Crippen molar-refractivity contribution >= 4 is 29.3 Å². The molecule has 23 heavy (non-hydrogen) atoms. The molecule has 0 heterocycles. The molecule has 120 valence electrons. The molecule has 0 saturated heterocycles. The van der Waals surface area contributed by atoms with E-state index >= 15 is 0 Å². The van der Waals surface area contributed by atoms with E-state index in [1.807, 2.05) is 50.5 Å². The second kappa shape index (κ2) is 10.9. The monoisotopic (exact) mass is 346 g/mol. The van der Waals surface area contributed by atoms with Crippen molar-refractivity contribution < 1.29 is 0 Å². The number of hydrogen-bond acceptors (Lipinski definition) is 2. The first-order chi connectivity index (χ1) is 11.0. The van der Waals surface area contributed by atoms with Crippen LogP contribution >= 0.6 is 23.2 Å². The summed E-state index contributed by atoms with van der Waals surface area (Å²) in [7, 11) is 4.10. The number of nitrogens with zero attached hydrogens (tertiary/aromatic N) is 2. The fourth-order valence-corrected chi connectivity index (χ4v) is 2.05. The Kier molecular flexibility index (Phi) is 9.09. The first-order valence-electron chi connectivity index (χ1n) is 7.19. The molecule has 0 aromatic heterocycles. The molecule has 2 aromatic rings. The fourth-order valence-electron chi connectivity index (χ4n) is 1.71. The van der Waals surface area contributed by atoms with Gasteiger partial charge in [0, 0.05) is 16.6 Å². The van der Waals surface area contributed by atoms with Crippen molar-refractivity contribution in [1.29, 1.82) is 5.26 Å². The first-order valence-corrected chi connectivity index (χ1v) is 7.95. The van der Waals surface area contributed by atoms with Crippen LogP contribution in [-0.4, -0.2) is 25.5 Å². The number of nitriles is 1. The molecule has 4 heteroatoms. The van der Waals surface area contributed by atoms with Crippen molar-refractivity contribution in [2.24, 2.45) is 0 Å². The quantitative estimate of drug-likeness (QED) is 0.748.